The molecular weight excluding hydrogens is 537 g/mol. The first kappa shape index (κ1) is 26.4. The first-order chi connectivity index (χ1) is 18.6. The molecular formula is C29H19ClF5N3O. The lowest BCUT2D eigenvalue weighted by molar-refractivity contribution is -0.137. The third-order valence-electron chi connectivity index (χ3n) is 6.28. The van der Waals surface area contributed by atoms with E-state index in [-0.39, 0.29) is 24.2 Å². The summed E-state index contributed by atoms with van der Waals surface area (Å²) in [7, 11) is 0. The summed E-state index contributed by atoms with van der Waals surface area (Å²) >= 11 is 5.96. The van der Waals surface area contributed by atoms with E-state index >= 15 is 4.39 Å². The van der Waals surface area contributed by atoms with Gasteiger partial charge in [-0.1, -0.05) is 35.9 Å². The minimum Gasteiger partial charge on any atom is -0.382 e. The molecule has 0 aliphatic carbocycles. The summed E-state index contributed by atoms with van der Waals surface area (Å²) in [6, 6.07) is 15.5. The number of pyridine rings is 1. The van der Waals surface area contributed by atoms with Gasteiger partial charge in [0.25, 0.3) is 0 Å². The van der Waals surface area contributed by atoms with Gasteiger partial charge in [-0.3, -0.25) is 4.79 Å². The van der Waals surface area contributed by atoms with Gasteiger partial charge in [-0.2, -0.15) is 13.2 Å². The van der Waals surface area contributed by atoms with E-state index in [4.69, 9.17) is 11.6 Å². The van der Waals surface area contributed by atoms with Crippen LogP contribution in [-0.4, -0.2) is 22.3 Å². The van der Waals surface area contributed by atoms with Crippen LogP contribution in [0.15, 0.2) is 79.1 Å². The number of carbonyl (C=O) groups is 1. The lowest BCUT2D eigenvalue weighted by Gasteiger charge is -2.12. The molecule has 5 aromatic rings. The molecule has 198 valence electrons. The van der Waals surface area contributed by atoms with Gasteiger partial charge in [0.1, 0.15) is 11.5 Å². The van der Waals surface area contributed by atoms with Crippen molar-refractivity contribution >= 4 is 34.1 Å². The zero-order valence-corrected chi connectivity index (χ0v) is 20.8. The number of H-pyrrole nitrogens is 1. The Morgan fingerprint density at radius 2 is 1.67 bits per heavy atom. The molecule has 10 heteroatoms. The van der Waals surface area contributed by atoms with Crippen molar-refractivity contribution in [2.75, 3.05) is 11.9 Å². The van der Waals surface area contributed by atoms with Crippen LogP contribution in [-0.2, 0) is 12.6 Å². The number of anilines is 1. The van der Waals surface area contributed by atoms with Crippen molar-refractivity contribution in [1.82, 2.24) is 9.97 Å². The van der Waals surface area contributed by atoms with Gasteiger partial charge in [-0.25, -0.2) is 13.8 Å². The molecule has 2 heterocycles. The van der Waals surface area contributed by atoms with E-state index in [0.717, 1.165) is 23.8 Å². The van der Waals surface area contributed by atoms with Crippen LogP contribution >= 0.6 is 11.6 Å². The number of nitrogens with zero attached hydrogens (tertiary/aromatic N) is 1. The van der Waals surface area contributed by atoms with Gasteiger partial charge in [0.15, 0.2) is 5.82 Å². The Morgan fingerprint density at radius 3 is 2.36 bits per heavy atom. The Kier molecular flexibility index (Phi) is 7.10. The van der Waals surface area contributed by atoms with Gasteiger partial charge >= 0.3 is 6.18 Å². The summed E-state index contributed by atoms with van der Waals surface area (Å²) in [5.74, 6) is -2.96. The predicted molar refractivity (Wildman–Crippen MR) is 140 cm³/mol. The van der Waals surface area contributed by atoms with E-state index in [9.17, 15) is 22.4 Å². The van der Waals surface area contributed by atoms with Crippen molar-refractivity contribution in [3.8, 4) is 11.1 Å². The maximum absolute atomic E-state index is 15.4. The highest BCUT2D eigenvalue weighted by molar-refractivity contribution is 6.30. The summed E-state index contributed by atoms with van der Waals surface area (Å²) in [6.07, 6.45) is -1.19. The Morgan fingerprint density at radius 1 is 0.949 bits per heavy atom. The van der Waals surface area contributed by atoms with Crippen molar-refractivity contribution in [2.45, 2.75) is 12.6 Å². The van der Waals surface area contributed by atoms with Gasteiger partial charge in [-0.15, -0.1) is 0 Å². The molecule has 2 aromatic heterocycles. The number of aromatic amines is 1. The molecule has 0 aliphatic rings. The van der Waals surface area contributed by atoms with Gasteiger partial charge in [0.05, 0.1) is 16.8 Å². The number of rotatable bonds is 7. The number of nitrogens with one attached hydrogen (secondary N) is 2. The smallest absolute Gasteiger partial charge is 0.382 e. The fourth-order valence-electron chi connectivity index (χ4n) is 4.23. The maximum Gasteiger partial charge on any atom is 0.416 e. The molecule has 39 heavy (non-hydrogen) atoms. The first-order valence-corrected chi connectivity index (χ1v) is 12.2. The third kappa shape index (κ3) is 5.49. The van der Waals surface area contributed by atoms with Crippen LogP contribution in [0.3, 0.4) is 0 Å². The zero-order valence-electron chi connectivity index (χ0n) is 20.0. The molecule has 4 nitrogen and oxygen atoms in total. The van der Waals surface area contributed by atoms with Crippen molar-refractivity contribution in [3.63, 3.8) is 0 Å². The maximum atomic E-state index is 15.4. The molecule has 5 rings (SSSR count). The summed E-state index contributed by atoms with van der Waals surface area (Å²) in [5.41, 5.74) is 0.906. The highest BCUT2D eigenvalue weighted by Crippen LogP contribution is 2.31. The minimum atomic E-state index is -4.44. The quantitative estimate of drug-likeness (QED) is 0.158. The molecule has 0 fully saturated rings. The SMILES string of the molecule is O=C(c1c(F)ccc(NCCc2ccc(C(F)(F)F)cc2)c1F)c1c[nH]c2ncc(-c3ccc(Cl)cc3)cc12. The van der Waals surface area contributed by atoms with Crippen LogP contribution in [0.25, 0.3) is 22.2 Å². The second kappa shape index (κ2) is 10.5. The van der Waals surface area contributed by atoms with Crippen LogP contribution in [0, 0.1) is 11.6 Å². The average Bonchev–Trinajstić information content (AvgIpc) is 3.33. The molecule has 0 unspecified atom stereocenters. The summed E-state index contributed by atoms with van der Waals surface area (Å²) in [4.78, 5) is 20.5. The molecule has 2 N–H and O–H groups in total. The molecule has 0 saturated heterocycles. The summed E-state index contributed by atoms with van der Waals surface area (Å²) in [6.45, 7) is 0.142. The number of fused-ring (bicyclic) bond motifs is 1. The van der Waals surface area contributed by atoms with Gasteiger partial charge in [0, 0.05) is 40.5 Å². The second-order valence-corrected chi connectivity index (χ2v) is 9.25. The molecule has 0 atom stereocenters. The summed E-state index contributed by atoms with van der Waals surface area (Å²) < 4.78 is 68.4. The second-order valence-electron chi connectivity index (χ2n) is 8.81. The molecule has 0 bridgehead atoms. The highest BCUT2D eigenvalue weighted by atomic mass is 35.5. The molecule has 3 aromatic carbocycles. The van der Waals surface area contributed by atoms with Gasteiger partial charge in [0.2, 0.25) is 5.78 Å². The highest BCUT2D eigenvalue weighted by Gasteiger charge is 2.30. The molecule has 0 amide bonds. The number of hydrogen-bond acceptors (Lipinski definition) is 3. The van der Waals surface area contributed by atoms with Gasteiger partial charge < -0.3 is 10.3 Å². The normalized spacial score (nSPS) is 11.6. The van der Waals surface area contributed by atoms with E-state index < -0.39 is 34.7 Å². The van der Waals surface area contributed by atoms with Crippen LogP contribution in [0.2, 0.25) is 5.02 Å². The van der Waals surface area contributed by atoms with Crippen LogP contribution in [0.4, 0.5) is 27.6 Å². The van der Waals surface area contributed by atoms with Crippen molar-refractivity contribution < 1.29 is 26.7 Å². The Labute approximate surface area is 224 Å². The summed E-state index contributed by atoms with van der Waals surface area (Å²) in [5, 5.41) is 3.75. The largest absolute Gasteiger partial charge is 0.416 e. The fraction of sp³-hybridized carbons (Fsp3) is 0.103. The molecule has 0 spiro atoms. The minimum absolute atomic E-state index is 0.0491. The van der Waals surface area contributed by atoms with E-state index in [0.29, 0.717) is 27.2 Å². The van der Waals surface area contributed by atoms with Crippen LogP contribution < -0.4 is 5.32 Å². The number of hydrogen-bond donors (Lipinski definition) is 2. The first-order valence-electron chi connectivity index (χ1n) is 11.8. The lowest BCUT2D eigenvalue weighted by atomic mass is 9.99. The van der Waals surface area contributed by atoms with Crippen molar-refractivity contribution in [1.29, 1.82) is 0 Å². The molecule has 0 radical (unpaired) electrons. The fourth-order valence-corrected chi connectivity index (χ4v) is 4.35. The number of carbonyl (C=O) groups excluding carboxylic acids is 1. The number of benzene rings is 3. The predicted octanol–water partition coefficient (Wildman–Crippen LogP) is 8.07. The number of alkyl halides is 3. The standard InChI is InChI=1S/C29H19ClF5N3O/c30-20-7-3-17(4-8-20)18-13-21-22(15-38-28(21)37-14-18)27(39)25-23(31)9-10-24(26(25)32)36-12-11-16-1-5-19(6-2-16)29(33,34)35/h1-10,13-15,36H,11-12H2,(H,37,38). The van der Waals surface area contributed by atoms with Crippen LogP contribution in [0.5, 0.6) is 0 Å². The van der Waals surface area contributed by atoms with Crippen LogP contribution in [0.1, 0.15) is 27.0 Å². The monoisotopic (exact) mass is 555 g/mol. The Hall–Kier alpha value is -4.24. The zero-order chi connectivity index (χ0) is 27.7. The van der Waals surface area contributed by atoms with E-state index in [1.165, 1.54) is 24.4 Å². The van der Waals surface area contributed by atoms with E-state index in [2.05, 4.69) is 15.3 Å². The number of aromatic nitrogens is 2. The van der Waals surface area contributed by atoms with Gasteiger partial charge in [-0.05, 0) is 60.0 Å². The number of halogens is 6. The van der Waals surface area contributed by atoms with E-state index in [1.807, 2.05) is 0 Å². The average molecular weight is 556 g/mol. The number of ketones is 1. The topological polar surface area (TPSA) is 57.8 Å². The lowest BCUT2D eigenvalue weighted by Crippen LogP contribution is -2.12. The molecule has 0 saturated carbocycles. The third-order valence-corrected chi connectivity index (χ3v) is 6.53. The van der Waals surface area contributed by atoms with E-state index in [1.54, 1.807) is 36.5 Å². The van der Waals surface area contributed by atoms with Crippen molar-refractivity contribution in [2.24, 2.45) is 0 Å². The Balaban J connectivity index is 1.38. The Bertz CT molecular complexity index is 1660. The molecule has 0 aliphatic heterocycles. The van der Waals surface area contributed by atoms with Crippen molar-refractivity contribution in [3.05, 3.63) is 118 Å².